The molecule has 2 rings (SSSR count). The lowest BCUT2D eigenvalue weighted by atomic mass is 9.92. The molecule has 1 unspecified atom stereocenters. The van der Waals surface area contributed by atoms with E-state index in [0.717, 1.165) is 5.56 Å². The highest BCUT2D eigenvalue weighted by atomic mass is 16.4. The number of carboxylic acid groups (broad SMARTS) is 1. The third kappa shape index (κ3) is 2.14. The van der Waals surface area contributed by atoms with Crippen molar-refractivity contribution in [2.24, 2.45) is 0 Å². The van der Waals surface area contributed by atoms with Crippen LogP contribution in [0.2, 0.25) is 0 Å². The molecule has 1 N–H and O–H groups in total. The number of nitrogens with zero attached hydrogens (tertiary/aromatic N) is 2. The summed E-state index contributed by atoms with van der Waals surface area (Å²) in [7, 11) is 0. The molecule has 0 spiro atoms. The van der Waals surface area contributed by atoms with Crippen molar-refractivity contribution < 1.29 is 9.90 Å². The number of hydrogen-bond donors (Lipinski definition) is 1. The Morgan fingerprint density at radius 1 is 1.39 bits per heavy atom. The topological polar surface area (TPSA) is 55.1 Å². The summed E-state index contributed by atoms with van der Waals surface area (Å²) < 4.78 is 1.71. The standard InChI is InChI=1S/C14H16N2O2/c1-11-15-8-9-16(11)14(2,13(17)18)10-12-6-4-3-5-7-12/h3-9H,10H2,1-2H3,(H,17,18). The van der Waals surface area contributed by atoms with E-state index in [-0.39, 0.29) is 0 Å². The molecular formula is C14H16N2O2. The molecule has 0 bridgehead atoms. The Bertz CT molecular complexity index is 548. The molecule has 0 saturated heterocycles. The van der Waals surface area contributed by atoms with Crippen LogP contribution in [0.4, 0.5) is 0 Å². The first-order chi connectivity index (χ1) is 8.54. The first kappa shape index (κ1) is 12.4. The Balaban J connectivity index is 2.40. The summed E-state index contributed by atoms with van der Waals surface area (Å²) in [5.74, 6) is -0.150. The molecule has 94 valence electrons. The SMILES string of the molecule is Cc1nccn1C(C)(Cc1ccccc1)C(=O)O. The summed E-state index contributed by atoms with van der Waals surface area (Å²) in [6, 6.07) is 9.63. The number of imidazole rings is 1. The van der Waals surface area contributed by atoms with Crippen molar-refractivity contribution in [1.82, 2.24) is 9.55 Å². The van der Waals surface area contributed by atoms with Crippen LogP contribution in [0.25, 0.3) is 0 Å². The van der Waals surface area contributed by atoms with Crippen LogP contribution in [-0.2, 0) is 16.8 Å². The van der Waals surface area contributed by atoms with Crippen LogP contribution in [0.1, 0.15) is 18.3 Å². The van der Waals surface area contributed by atoms with E-state index in [1.807, 2.05) is 37.3 Å². The molecule has 0 radical (unpaired) electrons. The molecule has 2 aromatic rings. The van der Waals surface area contributed by atoms with Crippen molar-refractivity contribution in [2.75, 3.05) is 0 Å². The summed E-state index contributed by atoms with van der Waals surface area (Å²) in [6.07, 6.45) is 3.77. The van der Waals surface area contributed by atoms with Crippen molar-refractivity contribution in [2.45, 2.75) is 25.8 Å². The monoisotopic (exact) mass is 244 g/mol. The first-order valence-electron chi connectivity index (χ1n) is 5.82. The molecule has 0 saturated carbocycles. The second-order valence-electron chi connectivity index (χ2n) is 4.59. The van der Waals surface area contributed by atoms with Crippen molar-refractivity contribution in [3.05, 3.63) is 54.1 Å². The highest BCUT2D eigenvalue weighted by Gasteiger charge is 2.36. The van der Waals surface area contributed by atoms with Crippen molar-refractivity contribution in [3.8, 4) is 0 Å². The fourth-order valence-electron chi connectivity index (χ4n) is 2.16. The van der Waals surface area contributed by atoms with E-state index in [9.17, 15) is 9.90 Å². The van der Waals surface area contributed by atoms with Crippen LogP contribution in [0.15, 0.2) is 42.7 Å². The van der Waals surface area contributed by atoms with Crippen LogP contribution in [-0.4, -0.2) is 20.6 Å². The molecule has 18 heavy (non-hydrogen) atoms. The fourth-order valence-corrected chi connectivity index (χ4v) is 2.16. The molecule has 1 aromatic heterocycles. The molecule has 0 aliphatic heterocycles. The predicted molar refractivity (Wildman–Crippen MR) is 68.4 cm³/mol. The van der Waals surface area contributed by atoms with Crippen molar-refractivity contribution in [1.29, 1.82) is 0 Å². The number of hydrogen-bond acceptors (Lipinski definition) is 2. The lowest BCUT2D eigenvalue weighted by molar-refractivity contribution is -0.146. The molecule has 0 aliphatic carbocycles. The third-order valence-corrected chi connectivity index (χ3v) is 3.21. The largest absolute Gasteiger partial charge is 0.479 e. The maximum atomic E-state index is 11.6. The number of rotatable bonds is 4. The lowest BCUT2D eigenvalue weighted by Gasteiger charge is -2.28. The van der Waals surface area contributed by atoms with E-state index >= 15 is 0 Å². The maximum absolute atomic E-state index is 11.6. The van der Waals surface area contributed by atoms with Gasteiger partial charge in [-0.15, -0.1) is 0 Å². The maximum Gasteiger partial charge on any atom is 0.329 e. The first-order valence-corrected chi connectivity index (χ1v) is 5.82. The van der Waals surface area contributed by atoms with Crippen molar-refractivity contribution in [3.63, 3.8) is 0 Å². The number of carboxylic acids is 1. The van der Waals surface area contributed by atoms with Crippen LogP contribution in [0, 0.1) is 6.92 Å². The second-order valence-corrected chi connectivity index (χ2v) is 4.59. The Kier molecular flexibility index (Phi) is 3.19. The molecule has 0 amide bonds. The van der Waals surface area contributed by atoms with Gasteiger partial charge in [-0.05, 0) is 19.4 Å². The average molecular weight is 244 g/mol. The third-order valence-electron chi connectivity index (χ3n) is 3.21. The summed E-state index contributed by atoms with van der Waals surface area (Å²) in [5, 5.41) is 9.54. The van der Waals surface area contributed by atoms with Crippen molar-refractivity contribution >= 4 is 5.97 Å². The van der Waals surface area contributed by atoms with Gasteiger partial charge in [-0.2, -0.15) is 0 Å². The fraction of sp³-hybridized carbons (Fsp3) is 0.286. The van der Waals surface area contributed by atoms with Gasteiger partial charge in [0.2, 0.25) is 0 Å². The van der Waals surface area contributed by atoms with E-state index in [0.29, 0.717) is 12.2 Å². The quantitative estimate of drug-likeness (QED) is 0.897. The van der Waals surface area contributed by atoms with Crippen LogP contribution in [0.3, 0.4) is 0 Å². The van der Waals surface area contributed by atoms with E-state index in [2.05, 4.69) is 4.98 Å². The molecule has 0 fully saturated rings. The van der Waals surface area contributed by atoms with Gasteiger partial charge in [-0.1, -0.05) is 30.3 Å². The summed E-state index contributed by atoms with van der Waals surface area (Å²) in [4.78, 5) is 15.7. The van der Waals surface area contributed by atoms with Gasteiger partial charge in [-0.3, -0.25) is 0 Å². The van der Waals surface area contributed by atoms with E-state index in [1.165, 1.54) is 0 Å². The van der Waals surface area contributed by atoms with Crippen LogP contribution in [0.5, 0.6) is 0 Å². The molecule has 4 heteroatoms. The Morgan fingerprint density at radius 2 is 2.06 bits per heavy atom. The van der Waals surface area contributed by atoms with E-state index in [1.54, 1.807) is 23.9 Å². The highest BCUT2D eigenvalue weighted by Crippen LogP contribution is 2.23. The summed E-state index contributed by atoms with van der Waals surface area (Å²) in [5.41, 5.74) is -0.0161. The number of aryl methyl sites for hydroxylation is 1. The Labute approximate surface area is 106 Å². The lowest BCUT2D eigenvalue weighted by Crippen LogP contribution is -2.41. The second kappa shape index (κ2) is 4.64. The number of carbonyl (C=O) groups is 1. The zero-order valence-corrected chi connectivity index (χ0v) is 10.5. The Hall–Kier alpha value is -2.10. The molecule has 1 atom stereocenters. The minimum atomic E-state index is -1.01. The molecular weight excluding hydrogens is 228 g/mol. The highest BCUT2D eigenvalue weighted by molar-refractivity contribution is 5.76. The summed E-state index contributed by atoms with van der Waals surface area (Å²) >= 11 is 0. The van der Waals surface area contributed by atoms with Gasteiger partial charge in [0.05, 0.1) is 0 Å². The van der Waals surface area contributed by atoms with Crippen LogP contribution >= 0.6 is 0 Å². The number of aromatic nitrogens is 2. The smallest absolute Gasteiger partial charge is 0.329 e. The average Bonchev–Trinajstić information content (AvgIpc) is 2.77. The normalized spacial score (nSPS) is 14.1. The van der Waals surface area contributed by atoms with E-state index in [4.69, 9.17) is 0 Å². The minimum absolute atomic E-state index is 0.431. The molecule has 1 aromatic carbocycles. The number of aliphatic carboxylic acids is 1. The van der Waals surface area contributed by atoms with E-state index < -0.39 is 11.5 Å². The van der Waals surface area contributed by atoms with Gasteiger partial charge in [0, 0.05) is 18.8 Å². The molecule has 1 heterocycles. The predicted octanol–water partition coefficient (Wildman–Crippen LogP) is 2.23. The van der Waals surface area contributed by atoms with Gasteiger partial charge < -0.3 is 9.67 Å². The summed E-state index contributed by atoms with van der Waals surface area (Å²) in [6.45, 7) is 3.53. The van der Waals surface area contributed by atoms with Gasteiger partial charge >= 0.3 is 5.97 Å². The van der Waals surface area contributed by atoms with Gasteiger partial charge in [-0.25, -0.2) is 9.78 Å². The Morgan fingerprint density at radius 3 is 2.56 bits per heavy atom. The van der Waals surface area contributed by atoms with Gasteiger partial charge in [0.25, 0.3) is 0 Å². The van der Waals surface area contributed by atoms with Gasteiger partial charge in [0.1, 0.15) is 11.4 Å². The van der Waals surface area contributed by atoms with Crippen LogP contribution < -0.4 is 0 Å². The minimum Gasteiger partial charge on any atom is -0.479 e. The molecule has 0 aliphatic rings. The number of benzene rings is 1. The van der Waals surface area contributed by atoms with Gasteiger partial charge in [0.15, 0.2) is 0 Å². The zero-order chi connectivity index (χ0) is 13.2. The molecule has 4 nitrogen and oxygen atoms in total. The zero-order valence-electron chi connectivity index (χ0n) is 10.5.